The molecule has 3 N–H and O–H groups in total. The maximum absolute atomic E-state index is 10.9. The van der Waals surface area contributed by atoms with Crippen LogP contribution < -0.4 is 10.5 Å². The standard InChI is InChI=1S/C8H11N3O3/c9-3-5(7(12)13)6-4-10-8-11(6)1-2-14-8/h4-5H,1-3,9H2,(H,12,13). The molecule has 6 heteroatoms. The molecule has 1 aromatic heterocycles. The molecule has 0 saturated carbocycles. The Kier molecular flexibility index (Phi) is 2.12. The Morgan fingerprint density at radius 1 is 1.86 bits per heavy atom. The van der Waals surface area contributed by atoms with E-state index in [4.69, 9.17) is 15.6 Å². The van der Waals surface area contributed by atoms with E-state index in [2.05, 4.69) is 4.98 Å². The number of ether oxygens (including phenoxy) is 1. The summed E-state index contributed by atoms with van der Waals surface area (Å²) in [5.74, 6) is -1.62. The highest BCUT2D eigenvalue weighted by Crippen LogP contribution is 2.24. The molecule has 76 valence electrons. The zero-order chi connectivity index (χ0) is 10.1. The van der Waals surface area contributed by atoms with Gasteiger partial charge in [0.1, 0.15) is 12.5 Å². The summed E-state index contributed by atoms with van der Waals surface area (Å²) in [5.41, 5.74) is 6.01. The van der Waals surface area contributed by atoms with Crippen LogP contribution in [0.5, 0.6) is 6.01 Å². The first-order chi connectivity index (χ1) is 6.74. The summed E-state index contributed by atoms with van der Waals surface area (Å²) in [6.45, 7) is 1.27. The van der Waals surface area contributed by atoms with Crippen LogP contribution in [0.25, 0.3) is 0 Å². The van der Waals surface area contributed by atoms with Crippen LogP contribution in [0.2, 0.25) is 0 Å². The van der Waals surface area contributed by atoms with E-state index in [9.17, 15) is 4.79 Å². The molecular formula is C8H11N3O3. The molecule has 0 aromatic carbocycles. The molecule has 0 saturated heterocycles. The van der Waals surface area contributed by atoms with Gasteiger partial charge in [-0.15, -0.1) is 0 Å². The molecule has 0 radical (unpaired) electrons. The predicted octanol–water partition coefficient (Wildman–Crippen LogP) is -0.598. The molecule has 1 unspecified atom stereocenters. The summed E-state index contributed by atoms with van der Waals surface area (Å²) in [7, 11) is 0. The van der Waals surface area contributed by atoms with Gasteiger partial charge in [-0.25, -0.2) is 4.98 Å². The van der Waals surface area contributed by atoms with E-state index < -0.39 is 11.9 Å². The molecular weight excluding hydrogens is 186 g/mol. The quantitative estimate of drug-likeness (QED) is 0.675. The molecule has 6 nitrogen and oxygen atoms in total. The van der Waals surface area contributed by atoms with Gasteiger partial charge >= 0.3 is 5.97 Å². The van der Waals surface area contributed by atoms with Crippen molar-refractivity contribution in [3.63, 3.8) is 0 Å². The SMILES string of the molecule is NCC(C(=O)O)c1cnc2n1CCO2. The second-order valence-corrected chi connectivity index (χ2v) is 3.09. The van der Waals surface area contributed by atoms with Crippen molar-refractivity contribution in [1.29, 1.82) is 0 Å². The minimum Gasteiger partial charge on any atom is -0.481 e. The maximum atomic E-state index is 10.9. The number of carboxylic acids is 1. The lowest BCUT2D eigenvalue weighted by atomic mass is 10.1. The molecule has 1 aliphatic rings. The van der Waals surface area contributed by atoms with Crippen LogP contribution in [0.3, 0.4) is 0 Å². The number of hydrogen-bond donors (Lipinski definition) is 2. The number of hydrogen-bond acceptors (Lipinski definition) is 4. The molecule has 1 atom stereocenters. The van der Waals surface area contributed by atoms with Crippen molar-refractivity contribution in [1.82, 2.24) is 9.55 Å². The third-order valence-corrected chi connectivity index (χ3v) is 2.29. The van der Waals surface area contributed by atoms with E-state index in [1.54, 1.807) is 4.57 Å². The van der Waals surface area contributed by atoms with Crippen LogP contribution in [-0.4, -0.2) is 33.8 Å². The first-order valence-electron chi connectivity index (χ1n) is 4.35. The summed E-state index contributed by atoms with van der Waals surface area (Å²) in [5, 5.41) is 8.91. The van der Waals surface area contributed by atoms with Gasteiger partial charge in [-0.1, -0.05) is 0 Å². The Labute approximate surface area is 80.3 Å². The Morgan fingerprint density at radius 3 is 3.29 bits per heavy atom. The normalized spacial score (nSPS) is 16.1. The van der Waals surface area contributed by atoms with Crippen molar-refractivity contribution in [2.75, 3.05) is 13.2 Å². The van der Waals surface area contributed by atoms with Crippen LogP contribution in [0.1, 0.15) is 11.6 Å². The third-order valence-electron chi connectivity index (χ3n) is 2.29. The fourth-order valence-corrected chi connectivity index (χ4v) is 1.57. The van der Waals surface area contributed by atoms with Gasteiger partial charge in [0.15, 0.2) is 0 Å². The van der Waals surface area contributed by atoms with Crippen molar-refractivity contribution in [3.05, 3.63) is 11.9 Å². The second kappa shape index (κ2) is 3.30. The van der Waals surface area contributed by atoms with Crippen molar-refractivity contribution < 1.29 is 14.6 Å². The van der Waals surface area contributed by atoms with Crippen LogP contribution >= 0.6 is 0 Å². The first-order valence-corrected chi connectivity index (χ1v) is 4.35. The summed E-state index contributed by atoms with van der Waals surface area (Å²) in [6, 6.07) is 0.486. The van der Waals surface area contributed by atoms with Gasteiger partial charge in [-0.3, -0.25) is 9.36 Å². The van der Waals surface area contributed by atoms with E-state index >= 15 is 0 Å². The van der Waals surface area contributed by atoms with Crippen molar-refractivity contribution >= 4 is 5.97 Å². The molecule has 1 aromatic rings. The van der Waals surface area contributed by atoms with Crippen molar-refractivity contribution in [2.45, 2.75) is 12.5 Å². The predicted molar refractivity (Wildman–Crippen MR) is 47.2 cm³/mol. The Hall–Kier alpha value is -1.56. The monoisotopic (exact) mass is 197 g/mol. The highest BCUT2D eigenvalue weighted by molar-refractivity contribution is 5.75. The highest BCUT2D eigenvalue weighted by atomic mass is 16.5. The number of aromatic nitrogens is 2. The number of aliphatic carboxylic acids is 1. The molecule has 0 fully saturated rings. The largest absolute Gasteiger partial charge is 0.481 e. The average Bonchev–Trinajstić information content (AvgIpc) is 2.69. The van der Waals surface area contributed by atoms with E-state index in [0.29, 0.717) is 24.9 Å². The molecule has 2 heterocycles. The highest BCUT2D eigenvalue weighted by Gasteiger charge is 2.26. The number of nitrogens with two attached hydrogens (primary N) is 1. The Bertz CT molecular complexity index is 361. The summed E-state index contributed by atoms with van der Waals surface area (Å²) >= 11 is 0. The second-order valence-electron chi connectivity index (χ2n) is 3.09. The smallest absolute Gasteiger partial charge is 0.313 e. The molecule has 0 bridgehead atoms. The van der Waals surface area contributed by atoms with Gasteiger partial charge in [0, 0.05) is 6.54 Å². The molecule has 1 aliphatic heterocycles. The minimum absolute atomic E-state index is 0.0699. The van der Waals surface area contributed by atoms with Gasteiger partial charge in [0.05, 0.1) is 18.4 Å². The van der Waals surface area contributed by atoms with Crippen LogP contribution in [0.15, 0.2) is 6.20 Å². The first kappa shape index (κ1) is 9.01. The van der Waals surface area contributed by atoms with E-state index in [-0.39, 0.29) is 6.54 Å². The Balaban J connectivity index is 2.35. The van der Waals surface area contributed by atoms with Crippen LogP contribution in [0.4, 0.5) is 0 Å². The molecule has 0 aliphatic carbocycles. The van der Waals surface area contributed by atoms with Crippen LogP contribution in [-0.2, 0) is 11.3 Å². The average molecular weight is 197 g/mol. The van der Waals surface area contributed by atoms with Crippen LogP contribution in [0, 0.1) is 0 Å². The maximum Gasteiger partial charge on any atom is 0.313 e. The molecule has 14 heavy (non-hydrogen) atoms. The zero-order valence-electron chi connectivity index (χ0n) is 7.51. The van der Waals surface area contributed by atoms with Crippen molar-refractivity contribution in [3.8, 4) is 6.01 Å². The number of carbonyl (C=O) groups is 1. The number of carboxylic acid groups (broad SMARTS) is 1. The third kappa shape index (κ3) is 1.24. The number of imidazole rings is 1. The minimum atomic E-state index is -0.929. The summed E-state index contributed by atoms with van der Waals surface area (Å²) < 4.78 is 6.93. The van der Waals surface area contributed by atoms with E-state index in [0.717, 1.165) is 0 Å². The number of fused-ring (bicyclic) bond motifs is 1. The fraction of sp³-hybridized carbons (Fsp3) is 0.500. The lowest BCUT2D eigenvalue weighted by Crippen LogP contribution is -2.23. The lowest BCUT2D eigenvalue weighted by Gasteiger charge is -2.09. The van der Waals surface area contributed by atoms with E-state index in [1.807, 2.05) is 0 Å². The van der Waals surface area contributed by atoms with E-state index in [1.165, 1.54) is 6.20 Å². The summed E-state index contributed by atoms with van der Waals surface area (Å²) in [6.07, 6.45) is 1.51. The number of nitrogens with zero attached hydrogens (tertiary/aromatic N) is 2. The molecule has 0 amide bonds. The fourth-order valence-electron chi connectivity index (χ4n) is 1.57. The van der Waals surface area contributed by atoms with Gasteiger partial charge in [0.2, 0.25) is 0 Å². The van der Waals surface area contributed by atoms with Gasteiger partial charge < -0.3 is 15.6 Å². The molecule has 2 rings (SSSR count). The topological polar surface area (TPSA) is 90.4 Å². The van der Waals surface area contributed by atoms with Gasteiger partial charge in [0.25, 0.3) is 6.01 Å². The summed E-state index contributed by atoms with van der Waals surface area (Å²) in [4.78, 5) is 14.8. The Morgan fingerprint density at radius 2 is 2.64 bits per heavy atom. The lowest BCUT2D eigenvalue weighted by molar-refractivity contribution is -0.138. The van der Waals surface area contributed by atoms with Gasteiger partial charge in [-0.05, 0) is 0 Å². The molecule has 0 spiro atoms. The van der Waals surface area contributed by atoms with Gasteiger partial charge in [-0.2, -0.15) is 0 Å². The van der Waals surface area contributed by atoms with Crippen molar-refractivity contribution in [2.24, 2.45) is 5.73 Å². The zero-order valence-corrected chi connectivity index (χ0v) is 7.51. The number of rotatable bonds is 3.